The number of hydrogen-bond donors (Lipinski definition) is 2. The van der Waals surface area contributed by atoms with Crippen LogP contribution in [-0.2, 0) is 20.8 Å². The summed E-state index contributed by atoms with van der Waals surface area (Å²) in [5.74, 6) is -0.837. The van der Waals surface area contributed by atoms with Crippen LogP contribution in [0, 0.1) is 5.92 Å². The van der Waals surface area contributed by atoms with Gasteiger partial charge in [0.15, 0.2) is 0 Å². The molecule has 0 aromatic heterocycles. The first-order valence-corrected chi connectivity index (χ1v) is 13.8. The Hall–Kier alpha value is -2.65. The number of ether oxygens (including phenoxy) is 1. The molecule has 9 heteroatoms. The van der Waals surface area contributed by atoms with Crippen LogP contribution in [0.3, 0.4) is 0 Å². The van der Waals surface area contributed by atoms with Crippen LogP contribution in [0.15, 0.2) is 18.2 Å². The summed E-state index contributed by atoms with van der Waals surface area (Å²) in [6.45, 7) is 5.70. The maximum absolute atomic E-state index is 13.4. The van der Waals surface area contributed by atoms with E-state index in [0.717, 1.165) is 42.6 Å². The number of rotatable bonds is 13. The summed E-state index contributed by atoms with van der Waals surface area (Å²) in [6, 6.07) is 5.62. The fourth-order valence-corrected chi connectivity index (χ4v) is 6.10. The Morgan fingerprint density at radius 3 is 2.70 bits per heavy atom. The van der Waals surface area contributed by atoms with Crippen molar-refractivity contribution in [1.82, 2.24) is 14.7 Å². The fourth-order valence-electron chi connectivity index (χ4n) is 6.10. The van der Waals surface area contributed by atoms with Gasteiger partial charge in [0.25, 0.3) is 0 Å². The van der Waals surface area contributed by atoms with E-state index in [1.165, 1.54) is 0 Å². The largest absolute Gasteiger partial charge is 0.493 e. The molecule has 37 heavy (non-hydrogen) atoms. The normalized spacial score (nSPS) is 23.4. The predicted molar refractivity (Wildman–Crippen MR) is 138 cm³/mol. The number of nitrogens with zero attached hydrogens (tertiary/aromatic N) is 3. The zero-order valence-corrected chi connectivity index (χ0v) is 21.9. The molecular formula is C28H41N3O6. The van der Waals surface area contributed by atoms with Crippen LogP contribution in [0.4, 0.5) is 0 Å². The molecule has 0 bridgehead atoms. The second kappa shape index (κ2) is 12.7. The first kappa shape index (κ1) is 27.4. The topological polar surface area (TPSA) is 111 Å². The number of likely N-dealkylation sites (tertiary alicyclic amines) is 2. The molecule has 9 nitrogen and oxygen atoms in total. The van der Waals surface area contributed by atoms with Gasteiger partial charge in [-0.3, -0.25) is 19.3 Å². The molecule has 0 unspecified atom stereocenters. The van der Waals surface area contributed by atoms with E-state index in [9.17, 15) is 24.6 Å². The number of carboxylic acids is 1. The van der Waals surface area contributed by atoms with E-state index in [2.05, 4.69) is 13.0 Å². The summed E-state index contributed by atoms with van der Waals surface area (Å²) in [7, 11) is 0. The lowest BCUT2D eigenvalue weighted by Crippen LogP contribution is -2.46. The van der Waals surface area contributed by atoms with Crippen molar-refractivity contribution in [3.8, 4) is 5.75 Å². The number of amides is 2. The highest BCUT2D eigenvalue weighted by Gasteiger charge is 2.47. The molecule has 0 aliphatic carbocycles. The molecule has 1 aromatic rings. The Balaban J connectivity index is 1.57. The molecule has 0 radical (unpaired) electrons. The number of carboxylic acid groups (broad SMARTS) is 1. The maximum Gasteiger partial charge on any atom is 0.308 e. The second-order valence-corrected chi connectivity index (χ2v) is 10.5. The summed E-state index contributed by atoms with van der Waals surface area (Å²) in [4.78, 5) is 44.0. The molecule has 3 heterocycles. The van der Waals surface area contributed by atoms with E-state index in [0.29, 0.717) is 58.6 Å². The summed E-state index contributed by atoms with van der Waals surface area (Å²) in [6.07, 6.45) is 5.09. The Morgan fingerprint density at radius 1 is 1.19 bits per heavy atom. The number of hydrogen-bond acceptors (Lipinski definition) is 6. The van der Waals surface area contributed by atoms with E-state index in [-0.39, 0.29) is 36.9 Å². The monoisotopic (exact) mass is 515 g/mol. The van der Waals surface area contributed by atoms with E-state index < -0.39 is 11.9 Å². The molecule has 4 rings (SSSR count). The highest BCUT2D eigenvalue weighted by atomic mass is 16.5. The fraction of sp³-hybridized carbons (Fsp3) is 0.679. The zero-order valence-electron chi connectivity index (χ0n) is 21.9. The van der Waals surface area contributed by atoms with Gasteiger partial charge in [-0.1, -0.05) is 25.5 Å². The summed E-state index contributed by atoms with van der Waals surface area (Å²) < 4.78 is 5.65. The third kappa shape index (κ3) is 6.44. The molecule has 2 saturated heterocycles. The molecule has 2 N–H and O–H groups in total. The summed E-state index contributed by atoms with van der Waals surface area (Å²) in [5, 5.41) is 19.7. The van der Waals surface area contributed by atoms with Crippen molar-refractivity contribution in [2.75, 3.05) is 52.5 Å². The zero-order chi connectivity index (χ0) is 26.4. The van der Waals surface area contributed by atoms with Crippen molar-refractivity contribution in [3.05, 3.63) is 29.3 Å². The molecule has 3 aliphatic heterocycles. The number of carbonyl (C=O) groups is 3. The van der Waals surface area contributed by atoms with Crippen molar-refractivity contribution >= 4 is 17.8 Å². The number of aliphatic carboxylic acids is 1. The number of fused-ring (bicyclic) bond motifs is 1. The summed E-state index contributed by atoms with van der Waals surface area (Å²) in [5.41, 5.74) is 2.07. The standard InChI is InChI=1S/C28H41N3O6/c1-2-3-11-29(13-5-15-32)26(34)19-31-18-22(20-7-8-24-21(17-20)10-16-37-24)27(28(35)36)23(31)9-14-30-12-4-6-25(30)33/h7-8,17,22-23,27,32H,2-6,9-16,18-19H2,1H3,(H,35,36)/t22-,23+,27-/m1/s1. The van der Waals surface area contributed by atoms with Gasteiger partial charge in [0.1, 0.15) is 5.75 Å². The quantitative estimate of drug-likeness (QED) is 0.414. The van der Waals surface area contributed by atoms with Gasteiger partial charge >= 0.3 is 5.97 Å². The van der Waals surface area contributed by atoms with Crippen LogP contribution in [0.5, 0.6) is 5.75 Å². The van der Waals surface area contributed by atoms with Gasteiger partial charge in [0.2, 0.25) is 11.8 Å². The first-order chi connectivity index (χ1) is 17.9. The lowest BCUT2D eigenvalue weighted by atomic mass is 9.83. The molecule has 0 saturated carbocycles. The van der Waals surface area contributed by atoms with E-state index in [1.807, 2.05) is 21.9 Å². The van der Waals surface area contributed by atoms with Crippen LogP contribution in [-0.4, -0.2) is 101 Å². The van der Waals surface area contributed by atoms with Gasteiger partial charge in [-0.15, -0.1) is 0 Å². The van der Waals surface area contributed by atoms with Gasteiger partial charge < -0.3 is 24.7 Å². The van der Waals surface area contributed by atoms with E-state index >= 15 is 0 Å². The SMILES string of the molecule is CCCCN(CCCO)C(=O)CN1C[C@H](c2ccc3c(c2)CCO3)[C@@H](C(=O)O)[C@@H]1CCN1CCCC1=O. The number of aliphatic hydroxyl groups is 1. The summed E-state index contributed by atoms with van der Waals surface area (Å²) >= 11 is 0. The molecule has 2 amide bonds. The number of aliphatic hydroxyl groups excluding tert-OH is 1. The Labute approximate surface area is 219 Å². The first-order valence-electron chi connectivity index (χ1n) is 13.8. The number of carbonyl (C=O) groups excluding carboxylic acids is 2. The van der Waals surface area contributed by atoms with Crippen LogP contribution >= 0.6 is 0 Å². The van der Waals surface area contributed by atoms with Crippen molar-refractivity contribution in [1.29, 1.82) is 0 Å². The maximum atomic E-state index is 13.4. The molecule has 0 spiro atoms. The van der Waals surface area contributed by atoms with Gasteiger partial charge in [-0.05, 0) is 42.9 Å². The van der Waals surface area contributed by atoms with Gasteiger partial charge in [-0.25, -0.2) is 0 Å². The van der Waals surface area contributed by atoms with Crippen molar-refractivity contribution in [2.24, 2.45) is 5.92 Å². The highest BCUT2D eigenvalue weighted by Crippen LogP contribution is 2.41. The predicted octanol–water partition coefficient (Wildman–Crippen LogP) is 2.11. The average Bonchev–Trinajstić information content (AvgIpc) is 3.60. The molecule has 3 aliphatic rings. The van der Waals surface area contributed by atoms with Gasteiger partial charge in [0.05, 0.1) is 19.1 Å². The van der Waals surface area contributed by atoms with Crippen LogP contribution in [0.2, 0.25) is 0 Å². The Kier molecular flexibility index (Phi) is 9.43. The lowest BCUT2D eigenvalue weighted by molar-refractivity contribution is -0.144. The lowest BCUT2D eigenvalue weighted by Gasteiger charge is -2.30. The van der Waals surface area contributed by atoms with Crippen molar-refractivity contribution < 1.29 is 29.3 Å². The third-order valence-electron chi connectivity index (χ3n) is 8.10. The Morgan fingerprint density at radius 2 is 2.00 bits per heavy atom. The third-order valence-corrected chi connectivity index (χ3v) is 8.10. The van der Waals surface area contributed by atoms with Crippen LogP contribution < -0.4 is 4.74 Å². The minimum absolute atomic E-state index is 0.0251. The smallest absolute Gasteiger partial charge is 0.308 e. The molecule has 2 fully saturated rings. The van der Waals surface area contributed by atoms with E-state index in [4.69, 9.17) is 4.74 Å². The Bertz CT molecular complexity index is 961. The molecular weight excluding hydrogens is 474 g/mol. The highest BCUT2D eigenvalue weighted by molar-refractivity contribution is 5.79. The minimum atomic E-state index is -0.863. The molecule has 3 atom stereocenters. The number of unbranched alkanes of at least 4 members (excludes halogenated alkanes) is 1. The second-order valence-electron chi connectivity index (χ2n) is 10.5. The van der Waals surface area contributed by atoms with Crippen molar-refractivity contribution in [2.45, 2.75) is 63.8 Å². The number of benzene rings is 1. The van der Waals surface area contributed by atoms with Gasteiger partial charge in [0, 0.05) is 64.1 Å². The molecule has 1 aromatic carbocycles. The van der Waals surface area contributed by atoms with E-state index in [1.54, 1.807) is 4.90 Å². The minimum Gasteiger partial charge on any atom is -0.493 e. The van der Waals surface area contributed by atoms with Crippen LogP contribution in [0.1, 0.15) is 62.5 Å². The molecule has 204 valence electrons. The van der Waals surface area contributed by atoms with Crippen molar-refractivity contribution in [3.63, 3.8) is 0 Å². The van der Waals surface area contributed by atoms with Gasteiger partial charge in [-0.2, -0.15) is 0 Å². The van der Waals surface area contributed by atoms with Crippen LogP contribution in [0.25, 0.3) is 0 Å². The average molecular weight is 516 g/mol.